The van der Waals surface area contributed by atoms with E-state index in [0.29, 0.717) is 0 Å². The van der Waals surface area contributed by atoms with E-state index in [2.05, 4.69) is 74.3 Å². The number of hydrogen-bond acceptors (Lipinski definition) is 0. The van der Waals surface area contributed by atoms with Crippen LogP contribution in [0.5, 0.6) is 0 Å². The van der Waals surface area contributed by atoms with Gasteiger partial charge in [-0.15, -0.1) is 0 Å². The van der Waals surface area contributed by atoms with Crippen LogP contribution in [0.2, 0.25) is 0 Å². The van der Waals surface area contributed by atoms with Gasteiger partial charge in [-0.05, 0) is 30.2 Å². The molecule has 0 bridgehead atoms. The van der Waals surface area contributed by atoms with Crippen LogP contribution in [0.1, 0.15) is 11.1 Å². The van der Waals surface area contributed by atoms with Crippen molar-refractivity contribution in [3.8, 4) is 11.3 Å². The molecule has 1 heterocycles. The molecule has 0 unspecified atom stereocenters. The van der Waals surface area contributed by atoms with Crippen LogP contribution in [0, 0.1) is 6.92 Å². The monoisotopic (exact) mass is 262 g/mol. The molecule has 1 nitrogen and oxygen atoms in total. The standard InChI is InChI=1S/C19H20N/c1-5-6-9-15(2)17-12-13-19(20(4)14-17)18-11-8-7-10-16(18)3/h5-14H,1-2H2,3-4H3/q+1/b9-6-. The average molecular weight is 262 g/mol. The van der Waals surface area contributed by atoms with Crippen LogP contribution in [-0.2, 0) is 7.05 Å². The van der Waals surface area contributed by atoms with E-state index in [1.165, 1.54) is 16.8 Å². The first-order chi connectivity index (χ1) is 9.63. The first-order valence-corrected chi connectivity index (χ1v) is 6.67. The van der Waals surface area contributed by atoms with Gasteiger partial charge in [0, 0.05) is 17.2 Å². The van der Waals surface area contributed by atoms with Gasteiger partial charge in [0.25, 0.3) is 0 Å². The summed E-state index contributed by atoms with van der Waals surface area (Å²) < 4.78 is 2.14. The van der Waals surface area contributed by atoms with Crippen molar-refractivity contribution in [2.24, 2.45) is 7.05 Å². The zero-order valence-corrected chi connectivity index (χ0v) is 12.1. The Hall–Kier alpha value is -2.41. The molecule has 20 heavy (non-hydrogen) atoms. The Labute approximate surface area is 121 Å². The average Bonchev–Trinajstić information content (AvgIpc) is 2.45. The summed E-state index contributed by atoms with van der Waals surface area (Å²) in [5.74, 6) is 0. The van der Waals surface area contributed by atoms with E-state index in [1.54, 1.807) is 6.08 Å². The highest BCUT2D eigenvalue weighted by atomic mass is 14.9. The van der Waals surface area contributed by atoms with Crippen LogP contribution >= 0.6 is 0 Å². The molecule has 0 saturated heterocycles. The van der Waals surface area contributed by atoms with Gasteiger partial charge in [0.1, 0.15) is 7.05 Å². The molecule has 0 amide bonds. The molecular formula is C19H20N+. The van der Waals surface area contributed by atoms with Crippen molar-refractivity contribution in [3.63, 3.8) is 0 Å². The summed E-state index contributed by atoms with van der Waals surface area (Å²) in [6.07, 6.45) is 7.73. The number of allylic oxidation sites excluding steroid dienone is 4. The molecule has 0 aliphatic carbocycles. The smallest absolute Gasteiger partial charge is 0.200 e. The summed E-state index contributed by atoms with van der Waals surface area (Å²) in [5, 5.41) is 0. The minimum atomic E-state index is 0.983. The normalized spacial score (nSPS) is 10.7. The van der Waals surface area contributed by atoms with Crippen molar-refractivity contribution < 1.29 is 4.57 Å². The van der Waals surface area contributed by atoms with Gasteiger partial charge in [0.15, 0.2) is 6.20 Å². The second-order valence-corrected chi connectivity index (χ2v) is 4.85. The lowest BCUT2D eigenvalue weighted by atomic mass is 10.0. The van der Waals surface area contributed by atoms with Crippen molar-refractivity contribution in [1.82, 2.24) is 0 Å². The van der Waals surface area contributed by atoms with Gasteiger partial charge in [-0.3, -0.25) is 0 Å². The highest BCUT2D eigenvalue weighted by molar-refractivity contribution is 5.72. The van der Waals surface area contributed by atoms with E-state index >= 15 is 0 Å². The first kappa shape index (κ1) is 14.0. The third-order valence-corrected chi connectivity index (χ3v) is 3.36. The van der Waals surface area contributed by atoms with Crippen LogP contribution in [0.4, 0.5) is 0 Å². The van der Waals surface area contributed by atoms with Crippen molar-refractivity contribution in [3.05, 3.63) is 85.1 Å². The fraction of sp³-hybridized carbons (Fsp3) is 0.105. The van der Waals surface area contributed by atoms with Crippen molar-refractivity contribution in [2.75, 3.05) is 0 Å². The van der Waals surface area contributed by atoms with E-state index in [1.807, 2.05) is 12.2 Å². The van der Waals surface area contributed by atoms with Gasteiger partial charge in [0.2, 0.25) is 5.69 Å². The lowest BCUT2D eigenvalue weighted by Gasteiger charge is -2.06. The van der Waals surface area contributed by atoms with E-state index < -0.39 is 0 Å². The van der Waals surface area contributed by atoms with Gasteiger partial charge in [-0.25, -0.2) is 4.57 Å². The largest absolute Gasteiger partial charge is 0.212 e. The second-order valence-electron chi connectivity index (χ2n) is 4.85. The summed E-state index contributed by atoms with van der Waals surface area (Å²) in [6.45, 7) is 9.88. The molecule has 1 aromatic heterocycles. The maximum atomic E-state index is 4.08. The fourth-order valence-electron chi connectivity index (χ4n) is 2.22. The Morgan fingerprint density at radius 3 is 2.55 bits per heavy atom. The molecule has 1 aromatic carbocycles. The van der Waals surface area contributed by atoms with Crippen LogP contribution in [-0.4, -0.2) is 0 Å². The topological polar surface area (TPSA) is 3.88 Å². The highest BCUT2D eigenvalue weighted by Gasteiger charge is 2.12. The summed E-state index contributed by atoms with van der Waals surface area (Å²) >= 11 is 0. The fourth-order valence-corrected chi connectivity index (χ4v) is 2.22. The van der Waals surface area contributed by atoms with E-state index in [-0.39, 0.29) is 0 Å². The predicted octanol–water partition coefficient (Wildman–Crippen LogP) is 4.24. The SMILES string of the molecule is C=C/C=C\C(=C)c1ccc(-c2ccccc2C)[n+](C)c1. The Morgan fingerprint density at radius 2 is 1.90 bits per heavy atom. The lowest BCUT2D eigenvalue weighted by Crippen LogP contribution is -2.31. The summed E-state index contributed by atoms with van der Waals surface area (Å²) in [7, 11) is 2.07. The number of pyridine rings is 1. The molecule has 0 N–H and O–H groups in total. The van der Waals surface area contributed by atoms with Gasteiger partial charge in [-0.1, -0.05) is 49.6 Å². The highest BCUT2D eigenvalue weighted by Crippen LogP contribution is 2.21. The molecular weight excluding hydrogens is 242 g/mol. The number of benzene rings is 1. The van der Waals surface area contributed by atoms with Crippen LogP contribution in [0.15, 0.2) is 74.0 Å². The quantitative estimate of drug-likeness (QED) is 0.573. The second kappa shape index (κ2) is 6.16. The van der Waals surface area contributed by atoms with Gasteiger partial charge in [-0.2, -0.15) is 0 Å². The zero-order valence-electron chi connectivity index (χ0n) is 12.1. The predicted molar refractivity (Wildman–Crippen MR) is 86.2 cm³/mol. The van der Waals surface area contributed by atoms with E-state index in [0.717, 1.165) is 11.1 Å². The molecule has 100 valence electrons. The Bertz CT molecular complexity index is 678. The maximum absolute atomic E-state index is 4.08. The third-order valence-electron chi connectivity index (χ3n) is 3.36. The molecule has 2 rings (SSSR count). The van der Waals surface area contributed by atoms with Crippen LogP contribution in [0.3, 0.4) is 0 Å². The zero-order chi connectivity index (χ0) is 14.5. The number of nitrogens with zero attached hydrogens (tertiary/aromatic N) is 1. The first-order valence-electron chi connectivity index (χ1n) is 6.67. The Kier molecular flexibility index (Phi) is 4.31. The van der Waals surface area contributed by atoms with Crippen molar-refractivity contribution in [1.29, 1.82) is 0 Å². The lowest BCUT2D eigenvalue weighted by molar-refractivity contribution is -0.660. The minimum absolute atomic E-state index is 0.983. The van der Waals surface area contributed by atoms with Gasteiger partial charge in [0.05, 0.1) is 0 Å². The molecule has 0 fully saturated rings. The van der Waals surface area contributed by atoms with Gasteiger partial charge < -0.3 is 0 Å². The van der Waals surface area contributed by atoms with E-state index in [9.17, 15) is 0 Å². The van der Waals surface area contributed by atoms with E-state index in [4.69, 9.17) is 0 Å². The number of aromatic nitrogens is 1. The Balaban J connectivity index is 2.41. The van der Waals surface area contributed by atoms with Crippen LogP contribution in [0.25, 0.3) is 16.8 Å². The summed E-state index contributed by atoms with van der Waals surface area (Å²) in [4.78, 5) is 0. The Morgan fingerprint density at radius 1 is 1.15 bits per heavy atom. The molecule has 1 heteroatoms. The molecule has 0 aliphatic heterocycles. The summed E-state index contributed by atoms with van der Waals surface area (Å²) in [6, 6.07) is 12.7. The minimum Gasteiger partial charge on any atom is -0.200 e. The molecule has 2 aromatic rings. The number of aryl methyl sites for hydroxylation is 2. The molecule has 0 saturated carbocycles. The van der Waals surface area contributed by atoms with Crippen molar-refractivity contribution in [2.45, 2.75) is 6.92 Å². The molecule has 0 aliphatic rings. The maximum Gasteiger partial charge on any atom is 0.212 e. The molecule has 0 atom stereocenters. The summed E-state index contributed by atoms with van der Waals surface area (Å²) in [5.41, 5.74) is 5.84. The third kappa shape index (κ3) is 2.94. The number of hydrogen-bond donors (Lipinski definition) is 0. The molecule has 0 radical (unpaired) electrons. The van der Waals surface area contributed by atoms with Crippen LogP contribution < -0.4 is 4.57 Å². The number of rotatable bonds is 4. The van der Waals surface area contributed by atoms with Crippen molar-refractivity contribution >= 4 is 5.57 Å². The van der Waals surface area contributed by atoms with Gasteiger partial charge >= 0.3 is 0 Å². The molecule has 0 spiro atoms.